The third kappa shape index (κ3) is 2.88. The minimum Gasteiger partial charge on any atom is -0.326 e. The molecule has 0 aliphatic rings. The highest BCUT2D eigenvalue weighted by molar-refractivity contribution is 5.26. The predicted octanol–water partition coefficient (Wildman–Crippen LogP) is 1.21. The molecule has 2 nitrogen and oxygen atoms in total. The molecular formula is C12H16N2. The molecule has 0 fully saturated rings. The fraction of sp³-hybridized carbons (Fsp3) is 0.333. The Morgan fingerprint density at radius 3 is 2.57 bits per heavy atom. The van der Waals surface area contributed by atoms with E-state index in [0.29, 0.717) is 13.1 Å². The summed E-state index contributed by atoms with van der Waals surface area (Å²) in [4.78, 5) is 2.09. The Balaban J connectivity index is 2.71. The van der Waals surface area contributed by atoms with Gasteiger partial charge in [-0.3, -0.25) is 4.90 Å². The van der Waals surface area contributed by atoms with Crippen LogP contribution < -0.4 is 5.73 Å². The molecule has 0 atom stereocenters. The van der Waals surface area contributed by atoms with Crippen LogP contribution in [0.3, 0.4) is 0 Å². The largest absolute Gasteiger partial charge is 0.326 e. The van der Waals surface area contributed by atoms with E-state index >= 15 is 0 Å². The third-order valence-corrected chi connectivity index (χ3v) is 2.14. The van der Waals surface area contributed by atoms with Crippen LogP contribution in [0.25, 0.3) is 0 Å². The Morgan fingerprint density at radius 1 is 1.36 bits per heavy atom. The molecule has 0 aliphatic heterocycles. The van der Waals surface area contributed by atoms with Crippen LogP contribution in [0, 0.1) is 12.3 Å². The lowest BCUT2D eigenvalue weighted by Crippen LogP contribution is -2.19. The molecule has 0 saturated heterocycles. The number of nitrogens with two attached hydrogens (primary N) is 1. The Hall–Kier alpha value is -1.30. The monoisotopic (exact) mass is 188 g/mol. The number of nitrogens with zero attached hydrogens (tertiary/aromatic N) is 1. The van der Waals surface area contributed by atoms with E-state index in [2.05, 4.69) is 23.0 Å². The molecule has 74 valence electrons. The maximum absolute atomic E-state index is 5.64. The van der Waals surface area contributed by atoms with Gasteiger partial charge < -0.3 is 5.73 Å². The average molecular weight is 188 g/mol. The first-order chi connectivity index (χ1) is 6.77. The summed E-state index contributed by atoms with van der Waals surface area (Å²) in [6.45, 7) is 2.11. The summed E-state index contributed by atoms with van der Waals surface area (Å²) in [6.07, 6.45) is 5.24. The molecule has 1 aromatic rings. The van der Waals surface area contributed by atoms with Crippen molar-refractivity contribution in [1.29, 1.82) is 0 Å². The van der Waals surface area contributed by atoms with Gasteiger partial charge >= 0.3 is 0 Å². The van der Waals surface area contributed by atoms with Crippen LogP contribution in [0.5, 0.6) is 0 Å². The Kier molecular flexibility index (Phi) is 4.18. The molecule has 0 amide bonds. The van der Waals surface area contributed by atoms with Gasteiger partial charge in [-0.05, 0) is 18.2 Å². The normalized spacial score (nSPS) is 10.1. The molecule has 0 aromatic heterocycles. The number of rotatable bonds is 4. The van der Waals surface area contributed by atoms with Gasteiger partial charge in [0.25, 0.3) is 0 Å². The summed E-state index contributed by atoms with van der Waals surface area (Å²) < 4.78 is 0. The molecule has 0 spiro atoms. The Labute approximate surface area is 85.7 Å². The highest BCUT2D eigenvalue weighted by Gasteiger charge is 2.02. The van der Waals surface area contributed by atoms with Gasteiger partial charge in [-0.25, -0.2) is 0 Å². The van der Waals surface area contributed by atoms with Crippen LogP contribution in [-0.4, -0.2) is 18.5 Å². The van der Waals surface area contributed by atoms with E-state index in [-0.39, 0.29) is 0 Å². The minimum atomic E-state index is 0.583. The van der Waals surface area contributed by atoms with E-state index in [9.17, 15) is 0 Å². The van der Waals surface area contributed by atoms with E-state index in [1.807, 2.05) is 19.2 Å². The first-order valence-corrected chi connectivity index (χ1v) is 4.66. The Bertz CT molecular complexity index is 325. The zero-order valence-corrected chi connectivity index (χ0v) is 8.53. The fourth-order valence-corrected chi connectivity index (χ4v) is 1.41. The van der Waals surface area contributed by atoms with Crippen LogP contribution in [0.15, 0.2) is 24.3 Å². The zero-order valence-electron chi connectivity index (χ0n) is 8.53. The van der Waals surface area contributed by atoms with Gasteiger partial charge in [-0.2, -0.15) is 0 Å². The maximum Gasteiger partial charge on any atom is 0.0599 e. The zero-order chi connectivity index (χ0) is 10.4. The molecule has 2 heteroatoms. The van der Waals surface area contributed by atoms with Crippen LogP contribution in [-0.2, 0) is 13.1 Å². The van der Waals surface area contributed by atoms with E-state index < -0.39 is 0 Å². The Morgan fingerprint density at radius 2 is 2.00 bits per heavy atom. The lowest BCUT2D eigenvalue weighted by molar-refractivity contribution is 0.368. The van der Waals surface area contributed by atoms with Gasteiger partial charge in [-0.1, -0.05) is 30.2 Å². The van der Waals surface area contributed by atoms with E-state index in [1.165, 1.54) is 11.1 Å². The highest BCUT2D eigenvalue weighted by Crippen LogP contribution is 2.09. The van der Waals surface area contributed by atoms with Crippen molar-refractivity contribution in [2.24, 2.45) is 5.73 Å². The fourth-order valence-electron chi connectivity index (χ4n) is 1.41. The first kappa shape index (κ1) is 10.8. The second-order valence-corrected chi connectivity index (χ2v) is 3.35. The summed E-state index contributed by atoms with van der Waals surface area (Å²) in [5.41, 5.74) is 8.09. The number of benzene rings is 1. The second kappa shape index (κ2) is 5.43. The van der Waals surface area contributed by atoms with Crippen molar-refractivity contribution in [2.45, 2.75) is 13.1 Å². The van der Waals surface area contributed by atoms with Gasteiger partial charge in [-0.15, -0.1) is 6.42 Å². The van der Waals surface area contributed by atoms with Crippen molar-refractivity contribution in [1.82, 2.24) is 4.90 Å². The third-order valence-electron chi connectivity index (χ3n) is 2.14. The summed E-state index contributed by atoms with van der Waals surface area (Å²) in [6, 6.07) is 8.18. The quantitative estimate of drug-likeness (QED) is 0.720. The molecule has 0 aliphatic carbocycles. The van der Waals surface area contributed by atoms with Gasteiger partial charge in [0, 0.05) is 13.1 Å². The number of hydrogen-bond donors (Lipinski definition) is 1. The van der Waals surface area contributed by atoms with Crippen LogP contribution in [0.2, 0.25) is 0 Å². The van der Waals surface area contributed by atoms with Crippen LogP contribution >= 0.6 is 0 Å². The van der Waals surface area contributed by atoms with Crippen molar-refractivity contribution in [3.63, 3.8) is 0 Å². The van der Waals surface area contributed by atoms with Crippen molar-refractivity contribution < 1.29 is 0 Å². The smallest absolute Gasteiger partial charge is 0.0599 e. The van der Waals surface area contributed by atoms with Crippen molar-refractivity contribution in [2.75, 3.05) is 13.6 Å². The van der Waals surface area contributed by atoms with E-state index in [4.69, 9.17) is 12.2 Å². The van der Waals surface area contributed by atoms with Crippen LogP contribution in [0.1, 0.15) is 11.1 Å². The standard InChI is InChI=1S/C12H16N2/c1-3-8-14(2)10-12-7-5-4-6-11(12)9-13/h1,4-7H,8-10,13H2,2H3. The van der Waals surface area contributed by atoms with Gasteiger partial charge in [0.05, 0.1) is 6.54 Å². The van der Waals surface area contributed by atoms with E-state index in [1.54, 1.807) is 0 Å². The molecule has 0 unspecified atom stereocenters. The van der Waals surface area contributed by atoms with E-state index in [0.717, 1.165) is 6.54 Å². The topological polar surface area (TPSA) is 29.3 Å². The van der Waals surface area contributed by atoms with Gasteiger partial charge in [0.2, 0.25) is 0 Å². The lowest BCUT2D eigenvalue weighted by Gasteiger charge is -2.15. The molecule has 2 N–H and O–H groups in total. The highest BCUT2D eigenvalue weighted by atomic mass is 15.1. The summed E-state index contributed by atoms with van der Waals surface area (Å²) in [5, 5.41) is 0. The molecule has 1 aromatic carbocycles. The number of terminal acetylenes is 1. The first-order valence-electron chi connectivity index (χ1n) is 4.66. The molecule has 1 rings (SSSR count). The van der Waals surface area contributed by atoms with Crippen molar-refractivity contribution in [3.05, 3.63) is 35.4 Å². The molecule has 0 saturated carbocycles. The van der Waals surface area contributed by atoms with Gasteiger partial charge in [0.15, 0.2) is 0 Å². The molecule has 0 heterocycles. The van der Waals surface area contributed by atoms with Gasteiger partial charge in [0.1, 0.15) is 0 Å². The molecule has 0 radical (unpaired) electrons. The minimum absolute atomic E-state index is 0.583. The summed E-state index contributed by atoms with van der Waals surface area (Å²) in [5.74, 6) is 2.62. The SMILES string of the molecule is C#CCN(C)Cc1ccccc1CN. The maximum atomic E-state index is 5.64. The average Bonchev–Trinajstić information content (AvgIpc) is 2.19. The summed E-state index contributed by atoms with van der Waals surface area (Å²) >= 11 is 0. The summed E-state index contributed by atoms with van der Waals surface area (Å²) in [7, 11) is 2.01. The lowest BCUT2D eigenvalue weighted by atomic mass is 10.1. The molecule has 0 bridgehead atoms. The van der Waals surface area contributed by atoms with Crippen LogP contribution in [0.4, 0.5) is 0 Å². The second-order valence-electron chi connectivity index (χ2n) is 3.35. The van der Waals surface area contributed by atoms with Crippen molar-refractivity contribution >= 4 is 0 Å². The van der Waals surface area contributed by atoms with Crippen molar-refractivity contribution in [3.8, 4) is 12.3 Å². The number of hydrogen-bond acceptors (Lipinski definition) is 2. The predicted molar refractivity (Wildman–Crippen MR) is 59.5 cm³/mol. The molecular weight excluding hydrogens is 172 g/mol. The molecule has 14 heavy (non-hydrogen) atoms.